The highest BCUT2D eigenvalue weighted by Gasteiger charge is 2.28. The first-order valence-electron chi connectivity index (χ1n) is 7.58. The molecule has 1 aromatic rings. The maximum atomic E-state index is 4.81. The van der Waals surface area contributed by atoms with E-state index in [1.165, 1.54) is 32.1 Å². The molecule has 2 aliphatic rings. The lowest BCUT2D eigenvalue weighted by Gasteiger charge is -2.22. The number of hydrogen-bond donors (Lipinski definition) is 1. The zero-order chi connectivity index (χ0) is 13.2. The molecule has 0 amide bonds. The van der Waals surface area contributed by atoms with Gasteiger partial charge < -0.3 is 10.2 Å². The fourth-order valence-electron chi connectivity index (χ4n) is 2.76. The zero-order valence-corrected chi connectivity index (χ0v) is 12.0. The summed E-state index contributed by atoms with van der Waals surface area (Å²) in [5.74, 6) is 4.58. The fourth-order valence-corrected chi connectivity index (χ4v) is 2.76. The van der Waals surface area contributed by atoms with Crippen molar-refractivity contribution in [2.24, 2.45) is 5.92 Å². The second-order valence-corrected chi connectivity index (χ2v) is 6.02. The van der Waals surface area contributed by atoms with Crippen LogP contribution in [0.4, 0.5) is 11.6 Å². The Kier molecular flexibility index (Phi) is 3.58. The SMILES string of the molecule is CNc1cc(N2CCCC(C)CC2)nc(C2CC2)n1. The summed E-state index contributed by atoms with van der Waals surface area (Å²) in [6.07, 6.45) is 6.40. The predicted molar refractivity (Wildman–Crippen MR) is 78.8 cm³/mol. The minimum atomic E-state index is 0.609. The highest BCUT2D eigenvalue weighted by atomic mass is 15.2. The van der Waals surface area contributed by atoms with Crippen LogP contribution >= 0.6 is 0 Å². The van der Waals surface area contributed by atoms with Gasteiger partial charge in [0.05, 0.1) is 0 Å². The molecule has 4 heteroatoms. The van der Waals surface area contributed by atoms with Crippen molar-refractivity contribution in [3.8, 4) is 0 Å². The lowest BCUT2D eigenvalue weighted by molar-refractivity contribution is 0.521. The van der Waals surface area contributed by atoms with Crippen LogP contribution in [0.1, 0.15) is 50.8 Å². The standard InChI is InChI=1S/C15H24N4/c1-11-4-3-8-19(9-7-11)14-10-13(16-2)17-15(18-14)12-5-6-12/h10-12H,3-9H2,1-2H3,(H,16,17,18). The van der Waals surface area contributed by atoms with Gasteiger partial charge in [-0.1, -0.05) is 6.92 Å². The Labute approximate surface area is 115 Å². The largest absolute Gasteiger partial charge is 0.373 e. The van der Waals surface area contributed by atoms with Crippen LogP contribution in [0.25, 0.3) is 0 Å². The van der Waals surface area contributed by atoms with Gasteiger partial charge in [-0.15, -0.1) is 0 Å². The Morgan fingerprint density at radius 2 is 2.00 bits per heavy atom. The third kappa shape index (κ3) is 2.99. The van der Waals surface area contributed by atoms with Gasteiger partial charge in [0, 0.05) is 32.1 Å². The molecule has 1 saturated carbocycles. The van der Waals surface area contributed by atoms with E-state index in [4.69, 9.17) is 4.98 Å². The van der Waals surface area contributed by atoms with Gasteiger partial charge in [0.25, 0.3) is 0 Å². The summed E-state index contributed by atoms with van der Waals surface area (Å²) in [6, 6.07) is 2.10. The quantitative estimate of drug-likeness (QED) is 0.907. The van der Waals surface area contributed by atoms with E-state index in [0.717, 1.165) is 36.5 Å². The van der Waals surface area contributed by atoms with Crippen molar-refractivity contribution in [1.82, 2.24) is 9.97 Å². The van der Waals surface area contributed by atoms with Crippen LogP contribution in [0, 0.1) is 5.92 Å². The van der Waals surface area contributed by atoms with Gasteiger partial charge in [-0.2, -0.15) is 0 Å². The first-order valence-corrected chi connectivity index (χ1v) is 7.58. The first kappa shape index (κ1) is 12.7. The van der Waals surface area contributed by atoms with Crippen LogP contribution in [0.15, 0.2) is 6.07 Å². The maximum Gasteiger partial charge on any atom is 0.136 e. The van der Waals surface area contributed by atoms with E-state index in [2.05, 4.69) is 28.2 Å². The number of nitrogens with zero attached hydrogens (tertiary/aromatic N) is 3. The lowest BCUT2D eigenvalue weighted by Crippen LogP contribution is -2.25. The number of anilines is 2. The van der Waals surface area contributed by atoms with Gasteiger partial charge in [0.2, 0.25) is 0 Å². The molecule has 0 radical (unpaired) electrons. The van der Waals surface area contributed by atoms with E-state index in [9.17, 15) is 0 Å². The molecule has 4 nitrogen and oxygen atoms in total. The van der Waals surface area contributed by atoms with Crippen LogP contribution in [0.5, 0.6) is 0 Å². The second-order valence-electron chi connectivity index (χ2n) is 6.02. The van der Waals surface area contributed by atoms with Crippen LogP contribution in [0.3, 0.4) is 0 Å². The molecule has 0 aromatic carbocycles. The summed E-state index contributed by atoms with van der Waals surface area (Å²) in [6.45, 7) is 4.62. The van der Waals surface area contributed by atoms with Crippen molar-refractivity contribution in [2.45, 2.75) is 44.9 Å². The third-order valence-electron chi connectivity index (χ3n) is 4.27. The molecule has 0 bridgehead atoms. The van der Waals surface area contributed by atoms with E-state index >= 15 is 0 Å². The summed E-state index contributed by atoms with van der Waals surface area (Å²) >= 11 is 0. The van der Waals surface area contributed by atoms with Gasteiger partial charge >= 0.3 is 0 Å². The van der Waals surface area contributed by atoms with Crippen molar-refractivity contribution in [2.75, 3.05) is 30.4 Å². The van der Waals surface area contributed by atoms with Crippen LogP contribution < -0.4 is 10.2 Å². The monoisotopic (exact) mass is 260 g/mol. The molecule has 0 spiro atoms. The molecule has 2 heterocycles. The molecular formula is C15H24N4. The Morgan fingerprint density at radius 1 is 1.16 bits per heavy atom. The minimum absolute atomic E-state index is 0.609. The molecule has 1 aliphatic carbocycles. The molecule has 1 unspecified atom stereocenters. The lowest BCUT2D eigenvalue weighted by atomic mass is 10.0. The fraction of sp³-hybridized carbons (Fsp3) is 0.733. The van der Waals surface area contributed by atoms with Gasteiger partial charge in [-0.05, 0) is 38.0 Å². The van der Waals surface area contributed by atoms with E-state index < -0.39 is 0 Å². The second kappa shape index (κ2) is 5.35. The van der Waals surface area contributed by atoms with Crippen LogP contribution in [-0.4, -0.2) is 30.1 Å². The third-order valence-corrected chi connectivity index (χ3v) is 4.27. The average Bonchev–Trinajstić information content (AvgIpc) is 3.25. The molecule has 104 valence electrons. The molecule has 1 aromatic heterocycles. The Balaban J connectivity index is 1.83. The summed E-state index contributed by atoms with van der Waals surface area (Å²) < 4.78 is 0. The Morgan fingerprint density at radius 3 is 2.74 bits per heavy atom. The Bertz CT molecular complexity index is 442. The van der Waals surface area contributed by atoms with Gasteiger partial charge in [0.15, 0.2) is 0 Å². The normalized spacial score (nSPS) is 24.1. The van der Waals surface area contributed by atoms with Gasteiger partial charge in [-0.3, -0.25) is 0 Å². The Hall–Kier alpha value is -1.32. The smallest absolute Gasteiger partial charge is 0.136 e. The molecule has 1 N–H and O–H groups in total. The molecule has 1 aliphatic heterocycles. The highest BCUT2D eigenvalue weighted by Crippen LogP contribution is 2.39. The van der Waals surface area contributed by atoms with Crippen LogP contribution in [-0.2, 0) is 0 Å². The minimum Gasteiger partial charge on any atom is -0.373 e. The zero-order valence-electron chi connectivity index (χ0n) is 12.0. The van der Waals surface area contributed by atoms with Crippen molar-refractivity contribution in [3.05, 3.63) is 11.9 Å². The van der Waals surface area contributed by atoms with E-state index in [1.54, 1.807) is 0 Å². The molecule has 3 rings (SSSR count). The van der Waals surface area contributed by atoms with Crippen molar-refractivity contribution < 1.29 is 0 Å². The molecular weight excluding hydrogens is 236 g/mol. The van der Waals surface area contributed by atoms with Gasteiger partial charge in [0.1, 0.15) is 17.5 Å². The summed E-state index contributed by atoms with van der Waals surface area (Å²) in [4.78, 5) is 11.8. The topological polar surface area (TPSA) is 41.0 Å². The summed E-state index contributed by atoms with van der Waals surface area (Å²) in [5, 5.41) is 3.18. The number of aromatic nitrogens is 2. The van der Waals surface area contributed by atoms with Gasteiger partial charge in [-0.25, -0.2) is 9.97 Å². The first-order chi connectivity index (χ1) is 9.26. The molecule has 1 saturated heterocycles. The highest BCUT2D eigenvalue weighted by molar-refractivity contribution is 5.49. The van der Waals surface area contributed by atoms with E-state index in [0.29, 0.717) is 5.92 Å². The van der Waals surface area contributed by atoms with Crippen molar-refractivity contribution in [3.63, 3.8) is 0 Å². The van der Waals surface area contributed by atoms with E-state index in [-0.39, 0.29) is 0 Å². The predicted octanol–water partition coefficient (Wildman–Crippen LogP) is 3.02. The maximum absolute atomic E-state index is 4.81. The number of rotatable bonds is 3. The number of nitrogens with one attached hydrogen (secondary N) is 1. The van der Waals surface area contributed by atoms with Crippen LogP contribution in [0.2, 0.25) is 0 Å². The number of hydrogen-bond acceptors (Lipinski definition) is 4. The van der Waals surface area contributed by atoms with E-state index in [1.807, 2.05) is 7.05 Å². The molecule has 2 fully saturated rings. The molecule has 19 heavy (non-hydrogen) atoms. The summed E-state index contributed by atoms with van der Waals surface area (Å²) in [5.41, 5.74) is 0. The van der Waals surface area contributed by atoms with Crippen molar-refractivity contribution >= 4 is 11.6 Å². The van der Waals surface area contributed by atoms with Crippen molar-refractivity contribution in [1.29, 1.82) is 0 Å². The molecule has 1 atom stereocenters. The average molecular weight is 260 g/mol. The summed E-state index contributed by atoms with van der Waals surface area (Å²) in [7, 11) is 1.94.